The Morgan fingerprint density at radius 2 is 2.24 bits per heavy atom. The van der Waals surface area contributed by atoms with Gasteiger partial charge in [0.25, 0.3) is 0 Å². The van der Waals surface area contributed by atoms with Gasteiger partial charge in [0.2, 0.25) is 0 Å². The summed E-state index contributed by atoms with van der Waals surface area (Å²) in [6, 6.07) is 5.34. The fourth-order valence-electron chi connectivity index (χ4n) is 1.67. The summed E-state index contributed by atoms with van der Waals surface area (Å²) in [5.41, 5.74) is 0.751. The first kappa shape index (κ1) is 17.4. The standard InChI is InChI=1S/C15H24N2O4/c1-4-20-10-12(2)8-9-21-15(18)17-14-7-5-6-13(16-14)11-19-3/h5-7,12H,4,8-11H2,1-3H3,(H,16,17,18). The number of nitrogens with one attached hydrogen (secondary N) is 1. The summed E-state index contributed by atoms with van der Waals surface area (Å²) in [6.07, 6.45) is 0.269. The molecule has 1 heterocycles. The third-order valence-corrected chi connectivity index (χ3v) is 2.78. The van der Waals surface area contributed by atoms with Crippen molar-refractivity contribution in [2.45, 2.75) is 26.9 Å². The highest BCUT2D eigenvalue weighted by molar-refractivity contribution is 5.83. The van der Waals surface area contributed by atoms with Gasteiger partial charge in [0.15, 0.2) is 0 Å². The molecular weight excluding hydrogens is 272 g/mol. The molecule has 6 heteroatoms. The van der Waals surface area contributed by atoms with E-state index in [0.717, 1.165) is 12.1 Å². The van der Waals surface area contributed by atoms with Gasteiger partial charge in [-0.15, -0.1) is 0 Å². The normalized spacial score (nSPS) is 12.0. The first-order valence-corrected chi connectivity index (χ1v) is 7.12. The van der Waals surface area contributed by atoms with Crippen LogP contribution in [0.2, 0.25) is 0 Å². The van der Waals surface area contributed by atoms with Gasteiger partial charge in [0.05, 0.1) is 18.9 Å². The Bertz CT molecular complexity index is 426. The first-order valence-electron chi connectivity index (χ1n) is 7.12. The van der Waals surface area contributed by atoms with Gasteiger partial charge in [-0.25, -0.2) is 9.78 Å². The lowest BCUT2D eigenvalue weighted by Gasteiger charge is -2.12. The molecule has 1 unspecified atom stereocenters. The zero-order chi connectivity index (χ0) is 15.5. The zero-order valence-electron chi connectivity index (χ0n) is 12.9. The van der Waals surface area contributed by atoms with E-state index < -0.39 is 6.09 Å². The molecule has 0 aliphatic rings. The average molecular weight is 296 g/mol. The maximum absolute atomic E-state index is 11.6. The molecule has 0 aromatic carbocycles. The Morgan fingerprint density at radius 1 is 1.43 bits per heavy atom. The van der Waals surface area contributed by atoms with Gasteiger partial charge in [0, 0.05) is 20.3 Å². The van der Waals surface area contributed by atoms with Crippen LogP contribution < -0.4 is 5.32 Å². The van der Waals surface area contributed by atoms with Crippen molar-refractivity contribution < 1.29 is 19.0 Å². The van der Waals surface area contributed by atoms with Gasteiger partial charge < -0.3 is 14.2 Å². The number of hydrogen-bond acceptors (Lipinski definition) is 5. The minimum absolute atomic E-state index is 0.359. The van der Waals surface area contributed by atoms with E-state index in [0.29, 0.717) is 38.2 Å². The van der Waals surface area contributed by atoms with Crippen LogP contribution in [-0.4, -0.2) is 38.0 Å². The maximum Gasteiger partial charge on any atom is 0.412 e. The lowest BCUT2D eigenvalue weighted by molar-refractivity contribution is 0.0983. The Hall–Kier alpha value is -1.66. The monoisotopic (exact) mass is 296 g/mol. The first-order chi connectivity index (χ1) is 10.2. The molecule has 21 heavy (non-hydrogen) atoms. The summed E-state index contributed by atoms with van der Waals surface area (Å²) in [4.78, 5) is 15.9. The predicted molar refractivity (Wildman–Crippen MR) is 80.2 cm³/mol. The second-order valence-electron chi connectivity index (χ2n) is 4.76. The van der Waals surface area contributed by atoms with E-state index in [-0.39, 0.29) is 0 Å². The fourth-order valence-corrected chi connectivity index (χ4v) is 1.67. The third kappa shape index (κ3) is 7.63. The lowest BCUT2D eigenvalue weighted by Crippen LogP contribution is -2.17. The predicted octanol–water partition coefficient (Wildman–Crippen LogP) is 2.84. The van der Waals surface area contributed by atoms with Crippen molar-refractivity contribution >= 4 is 11.9 Å². The molecule has 0 fully saturated rings. The van der Waals surface area contributed by atoms with Crippen molar-refractivity contribution in [1.29, 1.82) is 0 Å². The number of carbonyl (C=O) groups is 1. The van der Waals surface area contributed by atoms with Gasteiger partial charge in [-0.3, -0.25) is 5.32 Å². The molecule has 1 N–H and O–H groups in total. The average Bonchev–Trinajstić information content (AvgIpc) is 2.46. The minimum Gasteiger partial charge on any atom is -0.449 e. The number of rotatable bonds is 9. The van der Waals surface area contributed by atoms with E-state index in [1.165, 1.54) is 0 Å². The summed E-state index contributed by atoms with van der Waals surface area (Å²) in [5, 5.41) is 2.60. The number of aromatic nitrogens is 1. The molecule has 6 nitrogen and oxygen atoms in total. The number of amides is 1. The van der Waals surface area contributed by atoms with Crippen LogP contribution in [0.4, 0.5) is 10.6 Å². The number of hydrogen-bond donors (Lipinski definition) is 1. The molecule has 1 amide bonds. The molecule has 0 spiro atoms. The van der Waals surface area contributed by atoms with E-state index in [9.17, 15) is 4.79 Å². The molecule has 1 atom stereocenters. The Balaban J connectivity index is 2.28. The van der Waals surface area contributed by atoms with Crippen LogP contribution in [0.25, 0.3) is 0 Å². The van der Waals surface area contributed by atoms with Crippen molar-refractivity contribution in [2.24, 2.45) is 5.92 Å². The highest BCUT2D eigenvalue weighted by atomic mass is 16.5. The molecule has 0 aliphatic heterocycles. The van der Waals surface area contributed by atoms with Gasteiger partial charge in [0.1, 0.15) is 5.82 Å². The molecule has 118 valence electrons. The highest BCUT2D eigenvalue weighted by Crippen LogP contribution is 2.07. The quantitative estimate of drug-likeness (QED) is 0.759. The number of anilines is 1. The zero-order valence-corrected chi connectivity index (χ0v) is 12.9. The van der Waals surface area contributed by atoms with Crippen LogP contribution in [0, 0.1) is 5.92 Å². The van der Waals surface area contributed by atoms with E-state index in [1.807, 2.05) is 13.0 Å². The lowest BCUT2D eigenvalue weighted by atomic mass is 10.1. The van der Waals surface area contributed by atoms with E-state index in [1.54, 1.807) is 19.2 Å². The van der Waals surface area contributed by atoms with Crippen molar-refractivity contribution in [3.63, 3.8) is 0 Å². The van der Waals surface area contributed by atoms with Crippen LogP contribution in [-0.2, 0) is 20.8 Å². The largest absolute Gasteiger partial charge is 0.449 e. The molecule has 0 saturated carbocycles. The second-order valence-corrected chi connectivity index (χ2v) is 4.76. The number of methoxy groups -OCH3 is 1. The van der Waals surface area contributed by atoms with Crippen molar-refractivity contribution in [2.75, 3.05) is 32.2 Å². The van der Waals surface area contributed by atoms with Gasteiger partial charge in [-0.1, -0.05) is 13.0 Å². The van der Waals surface area contributed by atoms with Gasteiger partial charge in [-0.2, -0.15) is 0 Å². The van der Waals surface area contributed by atoms with Gasteiger partial charge in [-0.05, 0) is 31.4 Å². The number of ether oxygens (including phenoxy) is 3. The summed E-state index contributed by atoms with van der Waals surface area (Å²) in [7, 11) is 1.60. The molecule has 1 aromatic rings. The van der Waals surface area contributed by atoms with Crippen LogP contribution in [0.3, 0.4) is 0 Å². The summed E-state index contributed by atoms with van der Waals surface area (Å²) in [6.45, 7) is 6.17. The van der Waals surface area contributed by atoms with E-state index >= 15 is 0 Å². The molecular formula is C15H24N2O4. The van der Waals surface area contributed by atoms with E-state index in [2.05, 4.69) is 17.2 Å². The molecule has 1 aromatic heterocycles. The summed E-state index contributed by atoms with van der Waals surface area (Å²) >= 11 is 0. The van der Waals surface area contributed by atoms with Crippen molar-refractivity contribution in [3.05, 3.63) is 23.9 Å². The topological polar surface area (TPSA) is 69.7 Å². The smallest absolute Gasteiger partial charge is 0.412 e. The van der Waals surface area contributed by atoms with E-state index in [4.69, 9.17) is 14.2 Å². The highest BCUT2D eigenvalue weighted by Gasteiger charge is 2.07. The number of pyridine rings is 1. The van der Waals surface area contributed by atoms with Crippen molar-refractivity contribution in [1.82, 2.24) is 4.98 Å². The fraction of sp³-hybridized carbons (Fsp3) is 0.600. The minimum atomic E-state index is -0.499. The number of nitrogens with zero attached hydrogens (tertiary/aromatic N) is 1. The summed E-state index contributed by atoms with van der Waals surface area (Å²) in [5.74, 6) is 0.817. The molecule has 0 bridgehead atoms. The Morgan fingerprint density at radius 3 is 2.95 bits per heavy atom. The SMILES string of the molecule is CCOCC(C)CCOC(=O)Nc1cccc(COC)n1. The Labute approximate surface area is 125 Å². The molecule has 0 saturated heterocycles. The maximum atomic E-state index is 11.6. The van der Waals surface area contributed by atoms with Crippen LogP contribution >= 0.6 is 0 Å². The number of carbonyl (C=O) groups excluding carboxylic acids is 1. The molecule has 1 rings (SSSR count). The second kappa shape index (κ2) is 10.1. The van der Waals surface area contributed by atoms with Crippen LogP contribution in [0.1, 0.15) is 26.0 Å². The van der Waals surface area contributed by atoms with Crippen molar-refractivity contribution in [3.8, 4) is 0 Å². The summed E-state index contributed by atoms with van der Waals surface area (Å²) < 4.78 is 15.4. The third-order valence-electron chi connectivity index (χ3n) is 2.78. The van der Waals surface area contributed by atoms with Crippen LogP contribution in [0.15, 0.2) is 18.2 Å². The van der Waals surface area contributed by atoms with Crippen LogP contribution in [0.5, 0.6) is 0 Å². The van der Waals surface area contributed by atoms with Gasteiger partial charge >= 0.3 is 6.09 Å². The Kier molecular flexibility index (Phi) is 8.38. The molecule has 0 aliphatic carbocycles. The molecule has 0 radical (unpaired) electrons.